The number of carbonyl (C=O) groups is 1. The van der Waals surface area contributed by atoms with Gasteiger partial charge in [0.15, 0.2) is 5.82 Å². The third-order valence-electron chi connectivity index (χ3n) is 5.39. The highest BCUT2D eigenvalue weighted by atomic mass is 35.5. The van der Waals surface area contributed by atoms with Gasteiger partial charge in [0.25, 0.3) is 0 Å². The van der Waals surface area contributed by atoms with Gasteiger partial charge in [-0.05, 0) is 49.6 Å². The molecule has 0 unspecified atom stereocenters. The Labute approximate surface area is 199 Å². The van der Waals surface area contributed by atoms with Crippen LogP contribution in [0.1, 0.15) is 38.3 Å². The van der Waals surface area contributed by atoms with E-state index in [4.69, 9.17) is 11.6 Å². The Morgan fingerprint density at radius 2 is 1.82 bits per heavy atom. The third-order valence-corrected chi connectivity index (χ3v) is 5.72. The standard InChI is InChI=1S/C24H24ClF3N4O2/c1-4-6-14-7-5-8-16(11-14)19-30-20(32-22(34)31-19)17-12-15(9-10-18(17)25)13-29-21(33)23(2,3)24(26,27)28/h5,7-12H,4,6,13H2,1-3H3,(H,29,33)(H,30,31,32,34). The van der Waals surface area contributed by atoms with E-state index in [1.807, 2.05) is 18.2 Å². The molecule has 1 aromatic heterocycles. The van der Waals surface area contributed by atoms with Crippen LogP contribution in [0.15, 0.2) is 47.3 Å². The number of aryl methyl sites for hydroxylation is 1. The molecule has 0 aliphatic rings. The molecule has 0 bridgehead atoms. The van der Waals surface area contributed by atoms with Crippen LogP contribution < -0.4 is 11.0 Å². The predicted octanol–water partition coefficient (Wildman–Crippen LogP) is 5.31. The first-order chi connectivity index (χ1) is 15.9. The fourth-order valence-corrected chi connectivity index (χ4v) is 3.40. The van der Waals surface area contributed by atoms with Crippen LogP contribution in [-0.2, 0) is 17.8 Å². The first kappa shape index (κ1) is 25.4. The molecule has 1 heterocycles. The van der Waals surface area contributed by atoms with E-state index in [2.05, 4.69) is 27.2 Å². The number of nitrogens with one attached hydrogen (secondary N) is 2. The summed E-state index contributed by atoms with van der Waals surface area (Å²) >= 11 is 6.32. The fourth-order valence-electron chi connectivity index (χ4n) is 3.19. The molecule has 0 aliphatic heterocycles. The van der Waals surface area contributed by atoms with Gasteiger partial charge in [-0.15, -0.1) is 0 Å². The number of aromatic nitrogens is 3. The molecule has 3 aromatic rings. The van der Waals surface area contributed by atoms with E-state index in [0.29, 0.717) is 16.7 Å². The van der Waals surface area contributed by atoms with Crippen LogP contribution in [0.4, 0.5) is 13.2 Å². The fraction of sp³-hybridized carbons (Fsp3) is 0.333. The normalized spacial score (nSPS) is 12.0. The van der Waals surface area contributed by atoms with Crippen LogP contribution in [0.3, 0.4) is 0 Å². The van der Waals surface area contributed by atoms with E-state index in [0.717, 1.165) is 32.3 Å². The summed E-state index contributed by atoms with van der Waals surface area (Å²) < 4.78 is 39.3. The summed E-state index contributed by atoms with van der Waals surface area (Å²) in [6.07, 6.45) is -2.85. The molecular weight excluding hydrogens is 469 g/mol. The molecule has 3 rings (SSSR count). The van der Waals surface area contributed by atoms with Crippen molar-refractivity contribution in [2.45, 2.75) is 46.3 Å². The maximum absolute atomic E-state index is 13.1. The Balaban J connectivity index is 1.91. The van der Waals surface area contributed by atoms with Crippen LogP contribution >= 0.6 is 11.6 Å². The zero-order valence-electron chi connectivity index (χ0n) is 18.9. The van der Waals surface area contributed by atoms with E-state index in [-0.39, 0.29) is 23.2 Å². The van der Waals surface area contributed by atoms with Crippen LogP contribution in [0.5, 0.6) is 0 Å². The number of amides is 1. The molecule has 10 heteroatoms. The van der Waals surface area contributed by atoms with Gasteiger partial charge in [-0.25, -0.2) is 9.78 Å². The lowest BCUT2D eigenvalue weighted by Crippen LogP contribution is -2.46. The average Bonchev–Trinajstić information content (AvgIpc) is 2.77. The number of benzene rings is 2. The van der Waals surface area contributed by atoms with Gasteiger partial charge in [0.2, 0.25) is 5.91 Å². The summed E-state index contributed by atoms with van der Waals surface area (Å²) in [4.78, 5) is 35.3. The second-order valence-electron chi connectivity index (χ2n) is 8.40. The van der Waals surface area contributed by atoms with Gasteiger partial charge in [-0.1, -0.05) is 49.2 Å². The van der Waals surface area contributed by atoms with E-state index >= 15 is 0 Å². The van der Waals surface area contributed by atoms with Crippen LogP contribution in [-0.4, -0.2) is 27.0 Å². The maximum atomic E-state index is 13.1. The summed E-state index contributed by atoms with van der Waals surface area (Å²) in [5.41, 5.74) is -0.565. The Bertz CT molecular complexity index is 1260. The number of hydrogen-bond donors (Lipinski definition) is 2. The molecule has 2 N–H and O–H groups in total. The number of rotatable bonds is 7. The lowest BCUT2D eigenvalue weighted by atomic mass is 9.91. The highest BCUT2D eigenvalue weighted by molar-refractivity contribution is 6.33. The number of hydrogen-bond acceptors (Lipinski definition) is 4. The zero-order valence-corrected chi connectivity index (χ0v) is 19.6. The molecule has 6 nitrogen and oxygen atoms in total. The molecule has 180 valence electrons. The van der Waals surface area contributed by atoms with Gasteiger partial charge >= 0.3 is 11.9 Å². The quantitative estimate of drug-likeness (QED) is 0.468. The van der Waals surface area contributed by atoms with Gasteiger partial charge in [0, 0.05) is 17.7 Å². The van der Waals surface area contributed by atoms with Crippen molar-refractivity contribution in [1.29, 1.82) is 0 Å². The van der Waals surface area contributed by atoms with E-state index in [9.17, 15) is 22.8 Å². The van der Waals surface area contributed by atoms with Crippen molar-refractivity contribution >= 4 is 17.5 Å². The van der Waals surface area contributed by atoms with Crippen molar-refractivity contribution in [1.82, 2.24) is 20.3 Å². The van der Waals surface area contributed by atoms with Crippen molar-refractivity contribution in [3.63, 3.8) is 0 Å². The number of carbonyl (C=O) groups excluding carboxylic acids is 1. The summed E-state index contributed by atoms with van der Waals surface area (Å²) in [6.45, 7) is 3.54. The molecule has 0 saturated heterocycles. The lowest BCUT2D eigenvalue weighted by Gasteiger charge is -2.26. The third kappa shape index (κ3) is 5.64. The van der Waals surface area contributed by atoms with Crippen molar-refractivity contribution < 1.29 is 18.0 Å². The minimum absolute atomic E-state index is 0.157. The number of aromatic amines is 1. The van der Waals surface area contributed by atoms with Crippen LogP contribution in [0.2, 0.25) is 5.02 Å². The topological polar surface area (TPSA) is 87.7 Å². The Morgan fingerprint density at radius 3 is 2.50 bits per heavy atom. The Hall–Kier alpha value is -3.20. The number of alkyl halides is 3. The minimum atomic E-state index is -4.69. The molecule has 0 fully saturated rings. The molecule has 0 spiro atoms. The predicted molar refractivity (Wildman–Crippen MR) is 124 cm³/mol. The van der Waals surface area contributed by atoms with Crippen molar-refractivity contribution in [3.8, 4) is 22.8 Å². The van der Waals surface area contributed by atoms with Crippen LogP contribution in [0.25, 0.3) is 22.8 Å². The van der Waals surface area contributed by atoms with Crippen molar-refractivity contribution in [2.24, 2.45) is 5.41 Å². The summed E-state index contributed by atoms with van der Waals surface area (Å²) in [7, 11) is 0. The van der Waals surface area contributed by atoms with E-state index in [1.54, 1.807) is 18.2 Å². The Kier molecular flexibility index (Phi) is 7.45. The lowest BCUT2D eigenvalue weighted by molar-refractivity contribution is -0.211. The van der Waals surface area contributed by atoms with Gasteiger partial charge in [0.1, 0.15) is 11.2 Å². The molecule has 2 aromatic carbocycles. The van der Waals surface area contributed by atoms with Gasteiger partial charge in [-0.3, -0.25) is 9.78 Å². The highest BCUT2D eigenvalue weighted by Crippen LogP contribution is 2.37. The van der Waals surface area contributed by atoms with Crippen LogP contribution in [0, 0.1) is 5.41 Å². The maximum Gasteiger partial charge on any atom is 0.402 e. The molecule has 0 atom stereocenters. The number of halogens is 4. The molecule has 0 saturated carbocycles. The summed E-state index contributed by atoms with van der Waals surface area (Å²) in [5.74, 6) is -0.774. The van der Waals surface area contributed by atoms with E-state index in [1.165, 1.54) is 6.07 Å². The largest absolute Gasteiger partial charge is 0.402 e. The highest BCUT2D eigenvalue weighted by Gasteiger charge is 2.52. The minimum Gasteiger partial charge on any atom is -0.351 e. The summed E-state index contributed by atoms with van der Waals surface area (Å²) in [6, 6.07) is 12.2. The molecular formula is C24H24ClF3N4O2. The monoisotopic (exact) mass is 492 g/mol. The second-order valence-corrected chi connectivity index (χ2v) is 8.80. The number of H-pyrrole nitrogens is 1. The molecule has 1 amide bonds. The molecule has 0 aliphatic carbocycles. The molecule has 34 heavy (non-hydrogen) atoms. The SMILES string of the molecule is CCCc1cccc(-c2nc(-c3cc(CNC(=O)C(C)(C)C(F)(F)F)ccc3Cl)[nH]c(=O)n2)c1. The average molecular weight is 493 g/mol. The van der Waals surface area contributed by atoms with Gasteiger partial charge in [-0.2, -0.15) is 18.2 Å². The summed E-state index contributed by atoms with van der Waals surface area (Å²) in [5, 5.41) is 2.57. The molecule has 0 radical (unpaired) electrons. The first-order valence-corrected chi connectivity index (χ1v) is 11.0. The van der Waals surface area contributed by atoms with Gasteiger partial charge in [0.05, 0.1) is 5.02 Å². The smallest absolute Gasteiger partial charge is 0.351 e. The number of nitrogens with zero attached hydrogens (tertiary/aromatic N) is 2. The van der Waals surface area contributed by atoms with Crippen molar-refractivity contribution in [3.05, 3.63) is 69.1 Å². The van der Waals surface area contributed by atoms with E-state index < -0.39 is 23.2 Å². The second kappa shape index (κ2) is 9.97. The van der Waals surface area contributed by atoms with Crippen molar-refractivity contribution in [2.75, 3.05) is 0 Å². The Morgan fingerprint density at radius 1 is 1.09 bits per heavy atom. The zero-order chi connectivity index (χ0) is 25.1. The first-order valence-electron chi connectivity index (χ1n) is 10.6. The van der Waals surface area contributed by atoms with Gasteiger partial charge < -0.3 is 5.32 Å².